The van der Waals surface area contributed by atoms with Crippen LogP contribution in [0.3, 0.4) is 0 Å². The molecule has 1 saturated heterocycles. The third-order valence-electron chi connectivity index (χ3n) is 8.75. The standard InChI is InChI=1S/C33H53NO7/c1-13-22(23-17-31(9,10)34(41-20(2)35)32(11,12)18-23)19-33(27(37)38,28(39)40)16-21-14-24(29(3,4)5)26(36)25(15-21)30(6,7)8/h14-15,22-23,36H,13,16-19H2,1-12H3,(H,37,38)(H,39,40). The Balaban J connectivity index is 2.61. The van der Waals surface area contributed by atoms with Crippen LogP contribution in [0.25, 0.3) is 0 Å². The average molecular weight is 576 g/mol. The number of phenolic OH excluding ortho intramolecular Hbond substituents is 1. The molecule has 1 aliphatic heterocycles. The van der Waals surface area contributed by atoms with Gasteiger partial charge >= 0.3 is 17.9 Å². The normalized spacial score (nSPS) is 19.0. The summed E-state index contributed by atoms with van der Waals surface area (Å²) in [6, 6.07) is 3.55. The summed E-state index contributed by atoms with van der Waals surface area (Å²) >= 11 is 0. The summed E-state index contributed by atoms with van der Waals surface area (Å²) in [6.07, 6.45) is 1.63. The van der Waals surface area contributed by atoms with Crippen molar-refractivity contribution in [3.05, 3.63) is 28.8 Å². The van der Waals surface area contributed by atoms with E-state index in [-0.39, 0.29) is 30.4 Å². The van der Waals surface area contributed by atoms with E-state index in [1.54, 1.807) is 17.2 Å². The molecule has 1 unspecified atom stereocenters. The number of phenols is 1. The first kappa shape index (κ1) is 34.6. The highest BCUT2D eigenvalue weighted by Gasteiger charge is 2.53. The fourth-order valence-corrected chi connectivity index (χ4v) is 6.92. The van der Waals surface area contributed by atoms with Gasteiger partial charge in [0, 0.05) is 6.92 Å². The first-order chi connectivity index (χ1) is 18.4. The van der Waals surface area contributed by atoms with Crippen LogP contribution in [-0.2, 0) is 36.5 Å². The van der Waals surface area contributed by atoms with Crippen molar-refractivity contribution < 1.29 is 34.5 Å². The highest BCUT2D eigenvalue weighted by Crippen LogP contribution is 2.49. The van der Waals surface area contributed by atoms with Crippen molar-refractivity contribution in [3.8, 4) is 5.75 Å². The van der Waals surface area contributed by atoms with Gasteiger partial charge in [-0.3, -0.25) is 14.4 Å². The maximum Gasteiger partial charge on any atom is 0.322 e. The highest BCUT2D eigenvalue weighted by atomic mass is 16.7. The Morgan fingerprint density at radius 2 is 1.34 bits per heavy atom. The smallest absolute Gasteiger partial charge is 0.322 e. The van der Waals surface area contributed by atoms with E-state index >= 15 is 0 Å². The number of piperidine rings is 1. The zero-order valence-corrected chi connectivity index (χ0v) is 27.3. The van der Waals surface area contributed by atoms with Crippen molar-refractivity contribution in [1.82, 2.24) is 5.06 Å². The molecule has 1 aromatic carbocycles. The van der Waals surface area contributed by atoms with Gasteiger partial charge in [0.05, 0.1) is 11.1 Å². The number of aromatic hydroxyl groups is 1. The Hall–Kier alpha value is -2.61. The summed E-state index contributed by atoms with van der Waals surface area (Å²) in [5.74, 6) is -3.12. The lowest BCUT2D eigenvalue weighted by atomic mass is 9.64. The van der Waals surface area contributed by atoms with E-state index in [9.17, 15) is 29.7 Å². The molecule has 232 valence electrons. The molecule has 41 heavy (non-hydrogen) atoms. The van der Waals surface area contributed by atoms with Gasteiger partial charge in [0.15, 0.2) is 5.41 Å². The Morgan fingerprint density at radius 3 is 1.66 bits per heavy atom. The van der Waals surface area contributed by atoms with Gasteiger partial charge in [0.2, 0.25) is 0 Å². The predicted molar refractivity (Wildman–Crippen MR) is 160 cm³/mol. The summed E-state index contributed by atoms with van der Waals surface area (Å²) < 4.78 is 0. The maximum atomic E-state index is 13.0. The molecular formula is C33H53NO7. The van der Waals surface area contributed by atoms with Gasteiger partial charge in [0.1, 0.15) is 5.75 Å². The SMILES string of the molecule is CCC(CC(Cc1cc(C(C)(C)C)c(O)c(C(C)(C)C)c1)(C(=O)O)C(=O)O)C1CC(C)(C)N(OC(C)=O)C(C)(C)C1. The molecule has 8 heteroatoms. The quantitative estimate of drug-likeness (QED) is 0.273. The summed E-state index contributed by atoms with van der Waals surface area (Å²) in [4.78, 5) is 43.4. The van der Waals surface area contributed by atoms with Gasteiger partial charge in [0.25, 0.3) is 0 Å². The molecule has 1 aliphatic rings. The van der Waals surface area contributed by atoms with Gasteiger partial charge in [-0.05, 0) is 92.7 Å². The third-order valence-corrected chi connectivity index (χ3v) is 8.75. The van der Waals surface area contributed by atoms with Crippen LogP contribution in [0.2, 0.25) is 0 Å². The number of rotatable bonds is 9. The zero-order chi connectivity index (χ0) is 31.9. The van der Waals surface area contributed by atoms with E-state index in [0.717, 1.165) is 0 Å². The van der Waals surface area contributed by atoms with Crippen LogP contribution in [0.15, 0.2) is 12.1 Å². The molecule has 1 fully saturated rings. The van der Waals surface area contributed by atoms with Crippen molar-refractivity contribution >= 4 is 17.9 Å². The number of nitrogens with zero attached hydrogens (tertiary/aromatic N) is 1. The second kappa shape index (κ2) is 11.6. The third kappa shape index (κ3) is 7.43. The minimum Gasteiger partial charge on any atom is -0.507 e. The first-order valence-corrected chi connectivity index (χ1v) is 14.7. The van der Waals surface area contributed by atoms with Crippen LogP contribution in [0.5, 0.6) is 5.75 Å². The minimum absolute atomic E-state index is 0.0185. The van der Waals surface area contributed by atoms with E-state index in [1.165, 1.54) is 6.92 Å². The molecular weight excluding hydrogens is 522 g/mol. The van der Waals surface area contributed by atoms with Crippen LogP contribution in [0.4, 0.5) is 0 Å². The molecule has 8 nitrogen and oxygen atoms in total. The van der Waals surface area contributed by atoms with Crippen LogP contribution >= 0.6 is 0 Å². The molecule has 3 N–H and O–H groups in total. The van der Waals surface area contributed by atoms with Crippen molar-refractivity contribution in [2.75, 3.05) is 0 Å². The summed E-state index contributed by atoms with van der Waals surface area (Å²) in [7, 11) is 0. The fourth-order valence-electron chi connectivity index (χ4n) is 6.92. The summed E-state index contributed by atoms with van der Waals surface area (Å²) in [5.41, 5.74) is -2.06. The molecule has 0 saturated carbocycles. The van der Waals surface area contributed by atoms with Crippen LogP contribution < -0.4 is 0 Å². The zero-order valence-electron chi connectivity index (χ0n) is 27.3. The molecule has 0 radical (unpaired) electrons. The molecule has 2 rings (SSSR count). The molecule has 0 aliphatic carbocycles. The molecule has 1 aromatic rings. The van der Waals surface area contributed by atoms with Gasteiger partial charge in [-0.15, -0.1) is 5.06 Å². The Kier molecular flexibility index (Phi) is 9.77. The fraction of sp³-hybridized carbons (Fsp3) is 0.727. The summed E-state index contributed by atoms with van der Waals surface area (Å²) in [5, 5.41) is 34.0. The number of aliphatic carboxylic acids is 2. The van der Waals surface area contributed by atoms with Crippen molar-refractivity contribution in [2.45, 2.75) is 137 Å². The number of carbonyl (C=O) groups is 3. The van der Waals surface area contributed by atoms with Crippen molar-refractivity contribution in [3.63, 3.8) is 0 Å². The number of benzene rings is 1. The number of hydrogen-bond acceptors (Lipinski definition) is 6. The molecule has 1 atom stereocenters. The molecule has 0 aromatic heterocycles. The molecule has 0 amide bonds. The second-order valence-electron chi connectivity index (χ2n) is 15.5. The van der Waals surface area contributed by atoms with Crippen LogP contribution in [0.1, 0.15) is 125 Å². The van der Waals surface area contributed by atoms with Crippen LogP contribution in [-0.4, -0.2) is 49.4 Å². The highest BCUT2D eigenvalue weighted by molar-refractivity contribution is 5.98. The monoisotopic (exact) mass is 575 g/mol. The number of carboxylic acids is 2. The van der Waals surface area contributed by atoms with Crippen LogP contribution in [0, 0.1) is 17.3 Å². The topological polar surface area (TPSA) is 124 Å². The number of carbonyl (C=O) groups excluding carboxylic acids is 1. The number of hydrogen-bond donors (Lipinski definition) is 3. The van der Waals surface area contributed by atoms with Gasteiger partial charge in [-0.2, -0.15) is 0 Å². The van der Waals surface area contributed by atoms with E-state index in [0.29, 0.717) is 36.0 Å². The molecule has 0 spiro atoms. The van der Waals surface area contributed by atoms with E-state index in [1.807, 2.05) is 76.2 Å². The average Bonchev–Trinajstić information content (AvgIpc) is 2.77. The van der Waals surface area contributed by atoms with E-state index < -0.39 is 45.2 Å². The van der Waals surface area contributed by atoms with Crippen molar-refractivity contribution in [1.29, 1.82) is 0 Å². The Morgan fingerprint density at radius 1 is 0.927 bits per heavy atom. The molecule has 1 heterocycles. The summed E-state index contributed by atoms with van der Waals surface area (Å²) in [6.45, 7) is 23.2. The van der Waals surface area contributed by atoms with Gasteiger partial charge < -0.3 is 20.2 Å². The Labute approximate surface area is 246 Å². The van der Waals surface area contributed by atoms with Crippen molar-refractivity contribution in [2.24, 2.45) is 17.3 Å². The lowest BCUT2D eigenvalue weighted by Gasteiger charge is -2.54. The predicted octanol–water partition coefficient (Wildman–Crippen LogP) is 6.85. The first-order valence-electron chi connectivity index (χ1n) is 14.7. The lowest BCUT2D eigenvalue weighted by Crippen LogP contribution is -2.61. The number of hydroxylamine groups is 2. The van der Waals surface area contributed by atoms with E-state index in [2.05, 4.69) is 0 Å². The minimum atomic E-state index is -2.05. The largest absolute Gasteiger partial charge is 0.507 e. The molecule has 0 bridgehead atoms. The van der Waals surface area contributed by atoms with E-state index in [4.69, 9.17) is 4.84 Å². The lowest BCUT2D eigenvalue weighted by molar-refractivity contribution is -0.273. The Bertz CT molecular complexity index is 1090. The van der Waals surface area contributed by atoms with Gasteiger partial charge in [-0.25, -0.2) is 0 Å². The maximum absolute atomic E-state index is 13.0. The van der Waals surface area contributed by atoms with Gasteiger partial charge in [-0.1, -0.05) is 67.0 Å². The number of carboxylic acid groups (broad SMARTS) is 2. The second-order valence-corrected chi connectivity index (χ2v) is 15.5.